The number of esters is 1. The molecule has 20 heavy (non-hydrogen) atoms. The van der Waals surface area contributed by atoms with Crippen molar-refractivity contribution in [3.63, 3.8) is 0 Å². The topological polar surface area (TPSA) is 64.8 Å². The second-order valence-electron chi connectivity index (χ2n) is 6.63. The van der Waals surface area contributed by atoms with Gasteiger partial charge in [0, 0.05) is 13.1 Å². The van der Waals surface area contributed by atoms with Crippen molar-refractivity contribution in [2.45, 2.75) is 56.3 Å². The lowest BCUT2D eigenvalue weighted by Gasteiger charge is -2.34. The van der Waals surface area contributed by atoms with E-state index < -0.39 is 5.54 Å². The summed E-state index contributed by atoms with van der Waals surface area (Å²) in [6.07, 6.45) is 7.10. The lowest BCUT2D eigenvalue weighted by atomic mass is 9.85. The molecule has 2 aliphatic heterocycles. The monoisotopic (exact) mass is 282 g/mol. The van der Waals surface area contributed by atoms with Gasteiger partial charge in [0.25, 0.3) is 0 Å². The number of carbonyl (C=O) groups is 1. The highest BCUT2D eigenvalue weighted by molar-refractivity contribution is 5.81. The summed E-state index contributed by atoms with van der Waals surface area (Å²) in [6, 6.07) is 0. The fraction of sp³-hybridized carbons (Fsp3) is 0.933. The molecule has 2 bridgehead atoms. The molecule has 2 heterocycles. The lowest BCUT2D eigenvalue weighted by Crippen LogP contribution is -2.52. The van der Waals surface area contributed by atoms with Crippen LogP contribution in [0.25, 0.3) is 0 Å². The maximum Gasteiger partial charge on any atom is 0.326 e. The molecule has 3 rings (SSSR count). The van der Waals surface area contributed by atoms with E-state index in [-0.39, 0.29) is 11.9 Å². The maximum atomic E-state index is 11.9. The Labute approximate surface area is 120 Å². The predicted molar refractivity (Wildman–Crippen MR) is 75.2 cm³/mol. The summed E-state index contributed by atoms with van der Waals surface area (Å²) in [7, 11) is 1.44. The predicted octanol–water partition coefficient (Wildman–Crippen LogP) is 0.910. The first-order valence-corrected chi connectivity index (χ1v) is 7.87. The van der Waals surface area contributed by atoms with E-state index >= 15 is 0 Å². The van der Waals surface area contributed by atoms with Crippen LogP contribution in [-0.2, 0) is 14.3 Å². The van der Waals surface area contributed by atoms with Gasteiger partial charge in [0.2, 0.25) is 0 Å². The second-order valence-corrected chi connectivity index (χ2v) is 6.63. The number of carbonyl (C=O) groups excluding carboxylic acids is 1. The highest BCUT2D eigenvalue weighted by atomic mass is 16.5. The van der Waals surface area contributed by atoms with Gasteiger partial charge in [0.15, 0.2) is 0 Å². The Kier molecular flexibility index (Phi) is 4.02. The second kappa shape index (κ2) is 5.62. The van der Waals surface area contributed by atoms with Crippen LogP contribution in [0.15, 0.2) is 0 Å². The number of nitrogens with two attached hydrogens (primary N) is 1. The quantitative estimate of drug-likeness (QED) is 0.777. The van der Waals surface area contributed by atoms with Crippen molar-refractivity contribution in [1.82, 2.24) is 4.90 Å². The third-order valence-electron chi connectivity index (χ3n) is 5.35. The Hall–Kier alpha value is -0.650. The van der Waals surface area contributed by atoms with Crippen LogP contribution in [0.2, 0.25) is 0 Å². The maximum absolute atomic E-state index is 11.9. The molecule has 3 fully saturated rings. The lowest BCUT2D eigenvalue weighted by molar-refractivity contribution is -0.148. The summed E-state index contributed by atoms with van der Waals surface area (Å²) in [5.41, 5.74) is 5.57. The van der Waals surface area contributed by atoms with Crippen molar-refractivity contribution < 1.29 is 14.3 Å². The molecule has 4 atom stereocenters. The Bertz CT molecular complexity index is 364. The number of nitrogens with zero attached hydrogens (tertiary/aromatic N) is 1. The number of rotatable bonds is 4. The molecule has 0 radical (unpaired) electrons. The van der Waals surface area contributed by atoms with Crippen LogP contribution in [0.4, 0.5) is 0 Å². The van der Waals surface area contributed by atoms with Gasteiger partial charge in [-0.25, -0.2) is 0 Å². The highest BCUT2D eigenvalue weighted by Gasteiger charge is 2.46. The summed E-state index contributed by atoms with van der Waals surface area (Å²) in [5, 5.41) is 0. The summed E-state index contributed by atoms with van der Waals surface area (Å²) in [6.45, 7) is 3.11. The Morgan fingerprint density at radius 1 is 1.35 bits per heavy atom. The standard InChI is InChI=1S/C15H26N2O3/c1-19-14(18)15(16)7-2-3-11(15)6-8-17-9-12-4-5-13(10-17)20-12/h11-13H,2-10,16H2,1H3. The molecule has 5 heteroatoms. The van der Waals surface area contributed by atoms with Crippen molar-refractivity contribution in [2.24, 2.45) is 11.7 Å². The molecule has 0 spiro atoms. The fourth-order valence-corrected chi connectivity index (χ4v) is 4.18. The van der Waals surface area contributed by atoms with Crippen LogP contribution >= 0.6 is 0 Å². The molecule has 1 aliphatic carbocycles. The zero-order valence-corrected chi connectivity index (χ0v) is 12.3. The van der Waals surface area contributed by atoms with Gasteiger partial charge in [0.05, 0.1) is 19.3 Å². The third-order valence-corrected chi connectivity index (χ3v) is 5.35. The van der Waals surface area contributed by atoms with Crippen molar-refractivity contribution in [3.05, 3.63) is 0 Å². The van der Waals surface area contributed by atoms with Crippen molar-refractivity contribution in [2.75, 3.05) is 26.7 Å². The van der Waals surface area contributed by atoms with E-state index in [0.717, 1.165) is 45.3 Å². The molecule has 2 N–H and O–H groups in total. The third kappa shape index (κ3) is 2.59. The number of hydrogen-bond acceptors (Lipinski definition) is 5. The van der Waals surface area contributed by atoms with Crippen molar-refractivity contribution in [3.8, 4) is 0 Å². The molecule has 0 aromatic carbocycles. The van der Waals surface area contributed by atoms with Gasteiger partial charge in [-0.2, -0.15) is 0 Å². The van der Waals surface area contributed by atoms with Gasteiger partial charge < -0.3 is 15.2 Å². The summed E-state index contributed by atoms with van der Waals surface area (Å²) in [5.74, 6) is 0.0255. The molecule has 5 nitrogen and oxygen atoms in total. The summed E-state index contributed by atoms with van der Waals surface area (Å²) in [4.78, 5) is 14.4. The molecular formula is C15H26N2O3. The van der Waals surface area contributed by atoms with Gasteiger partial charge in [0.1, 0.15) is 5.54 Å². The molecule has 2 saturated heterocycles. The van der Waals surface area contributed by atoms with E-state index in [9.17, 15) is 4.79 Å². The number of hydrogen-bond donors (Lipinski definition) is 1. The van der Waals surface area contributed by atoms with Gasteiger partial charge in [-0.3, -0.25) is 9.69 Å². The van der Waals surface area contributed by atoms with E-state index in [0.29, 0.717) is 12.2 Å². The fourth-order valence-electron chi connectivity index (χ4n) is 4.18. The molecule has 0 aromatic rings. The van der Waals surface area contributed by atoms with E-state index in [1.54, 1.807) is 0 Å². The summed E-state index contributed by atoms with van der Waals surface area (Å²) < 4.78 is 10.8. The number of methoxy groups -OCH3 is 1. The number of likely N-dealkylation sites (tertiary alicyclic amines) is 1. The highest BCUT2D eigenvalue weighted by Crippen LogP contribution is 2.37. The number of ether oxygens (including phenoxy) is 2. The van der Waals surface area contributed by atoms with Gasteiger partial charge in [-0.15, -0.1) is 0 Å². The zero-order valence-electron chi connectivity index (χ0n) is 12.3. The van der Waals surface area contributed by atoms with E-state index in [2.05, 4.69) is 4.90 Å². The molecule has 3 aliphatic rings. The van der Waals surface area contributed by atoms with Crippen LogP contribution in [-0.4, -0.2) is 55.4 Å². The SMILES string of the molecule is COC(=O)C1(N)CCCC1CCN1CC2CCC(C1)O2. The zero-order chi connectivity index (χ0) is 14.2. The smallest absolute Gasteiger partial charge is 0.326 e. The number of morpholine rings is 1. The Morgan fingerprint density at radius 3 is 2.70 bits per heavy atom. The normalized spacial score (nSPS) is 41.0. The molecule has 114 valence electrons. The van der Waals surface area contributed by atoms with Gasteiger partial charge in [-0.1, -0.05) is 6.42 Å². The minimum Gasteiger partial charge on any atom is -0.468 e. The van der Waals surface area contributed by atoms with E-state index in [1.807, 2.05) is 0 Å². The van der Waals surface area contributed by atoms with Crippen LogP contribution in [0.1, 0.15) is 38.5 Å². The van der Waals surface area contributed by atoms with Crippen LogP contribution in [0, 0.1) is 5.92 Å². The molecule has 0 aromatic heterocycles. The van der Waals surface area contributed by atoms with Crippen LogP contribution in [0.3, 0.4) is 0 Å². The minimum atomic E-state index is -0.750. The minimum absolute atomic E-state index is 0.234. The molecular weight excluding hydrogens is 256 g/mol. The van der Waals surface area contributed by atoms with E-state index in [4.69, 9.17) is 15.2 Å². The average Bonchev–Trinajstić information content (AvgIpc) is 2.99. The first kappa shape index (κ1) is 14.3. The summed E-state index contributed by atoms with van der Waals surface area (Å²) >= 11 is 0. The van der Waals surface area contributed by atoms with Crippen LogP contribution < -0.4 is 5.73 Å². The largest absolute Gasteiger partial charge is 0.468 e. The molecule has 1 saturated carbocycles. The van der Waals surface area contributed by atoms with E-state index in [1.165, 1.54) is 20.0 Å². The first-order chi connectivity index (χ1) is 9.61. The average molecular weight is 282 g/mol. The van der Waals surface area contributed by atoms with Crippen LogP contribution in [0.5, 0.6) is 0 Å². The number of fused-ring (bicyclic) bond motifs is 2. The Morgan fingerprint density at radius 2 is 2.05 bits per heavy atom. The van der Waals surface area contributed by atoms with Gasteiger partial charge >= 0.3 is 5.97 Å². The first-order valence-electron chi connectivity index (χ1n) is 7.87. The van der Waals surface area contributed by atoms with Crippen molar-refractivity contribution in [1.29, 1.82) is 0 Å². The molecule has 4 unspecified atom stereocenters. The van der Waals surface area contributed by atoms with Gasteiger partial charge in [-0.05, 0) is 44.6 Å². The molecule has 0 amide bonds. The Balaban J connectivity index is 1.54. The van der Waals surface area contributed by atoms with Crippen molar-refractivity contribution >= 4 is 5.97 Å².